The van der Waals surface area contributed by atoms with Crippen molar-refractivity contribution in [3.8, 4) is 0 Å². The van der Waals surface area contributed by atoms with E-state index in [0.29, 0.717) is 0 Å². The Labute approximate surface area is 123 Å². The van der Waals surface area contributed by atoms with E-state index in [0.717, 1.165) is 34.3 Å². The van der Waals surface area contributed by atoms with Crippen LogP contribution in [0.25, 0.3) is 10.9 Å². The van der Waals surface area contributed by atoms with Gasteiger partial charge in [-0.3, -0.25) is 20.9 Å². The van der Waals surface area contributed by atoms with Crippen molar-refractivity contribution in [3.05, 3.63) is 59.5 Å². The Morgan fingerprint density at radius 1 is 1.29 bits per heavy atom. The highest BCUT2D eigenvalue weighted by Crippen LogP contribution is 2.25. The number of aromatic nitrogens is 3. The summed E-state index contributed by atoms with van der Waals surface area (Å²) in [4.78, 5) is 4.40. The van der Waals surface area contributed by atoms with Gasteiger partial charge in [0.15, 0.2) is 0 Å². The van der Waals surface area contributed by atoms with E-state index in [1.165, 1.54) is 0 Å². The Hall–Kier alpha value is -2.24. The summed E-state index contributed by atoms with van der Waals surface area (Å²) in [6.45, 7) is 2.00. The molecule has 0 amide bonds. The van der Waals surface area contributed by atoms with Crippen molar-refractivity contribution in [2.75, 3.05) is 0 Å². The number of para-hydroxylation sites is 1. The van der Waals surface area contributed by atoms with E-state index in [1.807, 2.05) is 49.1 Å². The van der Waals surface area contributed by atoms with Crippen LogP contribution in [0.5, 0.6) is 0 Å². The number of nitrogens with two attached hydrogens (primary N) is 1. The van der Waals surface area contributed by atoms with Crippen LogP contribution in [0, 0.1) is 6.92 Å². The maximum Gasteiger partial charge on any atom is 0.0705 e. The number of nitrogens with zero attached hydrogens (tertiary/aromatic N) is 3. The molecule has 2 aromatic heterocycles. The molecular weight excluding hydrogens is 262 g/mol. The fourth-order valence-corrected chi connectivity index (χ4v) is 2.74. The molecule has 0 fully saturated rings. The Bertz CT molecular complexity index is 757. The van der Waals surface area contributed by atoms with Crippen molar-refractivity contribution in [2.45, 2.75) is 19.4 Å². The molecule has 0 spiro atoms. The van der Waals surface area contributed by atoms with Crippen LogP contribution in [-0.2, 0) is 13.5 Å². The summed E-state index contributed by atoms with van der Waals surface area (Å²) in [6.07, 6.45) is 2.61. The van der Waals surface area contributed by atoms with Gasteiger partial charge >= 0.3 is 0 Å². The van der Waals surface area contributed by atoms with Gasteiger partial charge in [-0.1, -0.05) is 18.2 Å². The van der Waals surface area contributed by atoms with Crippen molar-refractivity contribution in [1.82, 2.24) is 20.2 Å². The summed E-state index contributed by atoms with van der Waals surface area (Å²) in [7, 11) is 1.96. The Balaban J connectivity index is 2.00. The number of pyridine rings is 1. The van der Waals surface area contributed by atoms with Gasteiger partial charge in [0.25, 0.3) is 0 Å². The molecule has 3 N–H and O–H groups in total. The minimum Gasteiger partial charge on any atom is -0.272 e. The molecule has 5 nitrogen and oxygen atoms in total. The third kappa shape index (κ3) is 2.66. The molecular formula is C16H19N5. The van der Waals surface area contributed by atoms with E-state index in [1.54, 1.807) is 0 Å². The van der Waals surface area contributed by atoms with E-state index < -0.39 is 0 Å². The third-order valence-corrected chi connectivity index (χ3v) is 3.77. The minimum absolute atomic E-state index is 0.0210. The largest absolute Gasteiger partial charge is 0.272 e. The van der Waals surface area contributed by atoms with Crippen LogP contribution in [0.2, 0.25) is 0 Å². The Kier molecular flexibility index (Phi) is 3.68. The monoisotopic (exact) mass is 281 g/mol. The van der Waals surface area contributed by atoms with Crippen LogP contribution in [0.15, 0.2) is 42.6 Å². The maximum atomic E-state index is 5.80. The summed E-state index contributed by atoms with van der Waals surface area (Å²) in [5.41, 5.74) is 7.23. The van der Waals surface area contributed by atoms with E-state index >= 15 is 0 Å². The van der Waals surface area contributed by atoms with Crippen molar-refractivity contribution in [2.24, 2.45) is 12.9 Å². The lowest BCUT2D eigenvalue weighted by Gasteiger charge is -2.18. The number of rotatable bonds is 4. The Morgan fingerprint density at radius 2 is 2.10 bits per heavy atom. The molecule has 21 heavy (non-hydrogen) atoms. The first-order valence-electron chi connectivity index (χ1n) is 6.98. The van der Waals surface area contributed by atoms with Crippen molar-refractivity contribution >= 4 is 10.9 Å². The highest BCUT2D eigenvalue weighted by Gasteiger charge is 2.16. The standard InChI is InChI=1S/C16H19N5/c1-11-9-12(21(2)20-11)10-16(19-17)14-7-8-18-15-6-4-3-5-13(14)15/h3-9,16,19H,10,17H2,1-2H3. The van der Waals surface area contributed by atoms with Crippen LogP contribution >= 0.6 is 0 Å². The van der Waals surface area contributed by atoms with Crippen molar-refractivity contribution < 1.29 is 0 Å². The summed E-state index contributed by atoms with van der Waals surface area (Å²) >= 11 is 0. The molecule has 0 saturated carbocycles. The zero-order valence-electron chi connectivity index (χ0n) is 12.2. The smallest absolute Gasteiger partial charge is 0.0705 e. The van der Waals surface area contributed by atoms with Gasteiger partial charge in [-0.15, -0.1) is 0 Å². The summed E-state index contributed by atoms with van der Waals surface area (Å²) in [5, 5.41) is 5.52. The fourth-order valence-electron chi connectivity index (χ4n) is 2.74. The lowest BCUT2D eigenvalue weighted by atomic mass is 9.98. The van der Waals surface area contributed by atoms with Gasteiger partial charge in [-0.2, -0.15) is 5.10 Å². The summed E-state index contributed by atoms with van der Waals surface area (Å²) in [6, 6.07) is 12.2. The topological polar surface area (TPSA) is 68.8 Å². The minimum atomic E-state index is 0.0210. The molecule has 0 aliphatic heterocycles. The predicted molar refractivity (Wildman–Crippen MR) is 83.5 cm³/mol. The molecule has 0 saturated heterocycles. The number of nitrogens with one attached hydrogen (secondary N) is 1. The van der Waals surface area contributed by atoms with Crippen LogP contribution in [0.4, 0.5) is 0 Å². The second-order valence-corrected chi connectivity index (χ2v) is 5.24. The van der Waals surface area contributed by atoms with E-state index in [-0.39, 0.29) is 6.04 Å². The molecule has 0 radical (unpaired) electrons. The van der Waals surface area contributed by atoms with Gasteiger partial charge in [-0.25, -0.2) is 0 Å². The van der Waals surface area contributed by atoms with Crippen molar-refractivity contribution in [3.63, 3.8) is 0 Å². The zero-order valence-corrected chi connectivity index (χ0v) is 12.2. The van der Waals surface area contributed by atoms with Crippen LogP contribution < -0.4 is 11.3 Å². The van der Waals surface area contributed by atoms with Gasteiger partial charge in [0.2, 0.25) is 0 Å². The van der Waals surface area contributed by atoms with Gasteiger partial charge < -0.3 is 0 Å². The fraction of sp³-hybridized carbons (Fsp3) is 0.250. The summed E-state index contributed by atoms with van der Waals surface area (Å²) < 4.78 is 1.91. The molecule has 108 valence electrons. The highest BCUT2D eigenvalue weighted by molar-refractivity contribution is 5.82. The molecule has 2 heterocycles. The number of hydrazine groups is 1. The summed E-state index contributed by atoms with van der Waals surface area (Å²) in [5.74, 6) is 5.80. The zero-order chi connectivity index (χ0) is 14.8. The second-order valence-electron chi connectivity index (χ2n) is 5.24. The molecule has 1 unspecified atom stereocenters. The van der Waals surface area contributed by atoms with Crippen molar-refractivity contribution in [1.29, 1.82) is 0 Å². The van der Waals surface area contributed by atoms with Gasteiger partial charge in [-0.05, 0) is 30.7 Å². The molecule has 0 aliphatic rings. The average molecular weight is 281 g/mol. The lowest BCUT2D eigenvalue weighted by Crippen LogP contribution is -2.30. The first-order chi connectivity index (χ1) is 10.2. The number of benzene rings is 1. The number of hydrogen-bond donors (Lipinski definition) is 2. The van der Waals surface area contributed by atoms with Crippen LogP contribution in [0.1, 0.15) is 23.0 Å². The highest BCUT2D eigenvalue weighted by atomic mass is 15.3. The maximum absolute atomic E-state index is 5.80. The van der Waals surface area contributed by atoms with Crippen LogP contribution in [0.3, 0.4) is 0 Å². The Morgan fingerprint density at radius 3 is 2.81 bits per heavy atom. The normalized spacial score (nSPS) is 12.7. The van der Waals surface area contributed by atoms with Crippen LogP contribution in [-0.4, -0.2) is 14.8 Å². The molecule has 3 rings (SSSR count). The predicted octanol–water partition coefficient (Wildman–Crippen LogP) is 2.02. The number of aryl methyl sites for hydroxylation is 2. The quantitative estimate of drug-likeness (QED) is 0.567. The first kappa shape index (κ1) is 13.7. The number of fused-ring (bicyclic) bond motifs is 1. The van der Waals surface area contributed by atoms with E-state index in [9.17, 15) is 0 Å². The molecule has 0 bridgehead atoms. The first-order valence-corrected chi connectivity index (χ1v) is 6.98. The average Bonchev–Trinajstić information content (AvgIpc) is 2.82. The third-order valence-electron chi connectivity index (χ3n) is 3.77. The van der Waals surface area contributed by atoms with Gasteiger partial charge in [0.05, 0.1) is 17.3 Å². The second kappa shape index (κ2) is 5.63. The van der Waals surface area contributed by atoms with E-state index in [2.05, 4.69) is 27.6 Å². The molecule has 5 heteroatoms. The molecule has 0 aliphatic carbocycles. The lowest BCUT2D eigenvalue weighted by molar-refractivity contribution is 0.533. The molecule has 1 aromatic carbocycles. The molecule has 1 atom stereocenters. The SMILES string of the molecule is Cc1cc(CC(NN)c2ccnc3ccccc23)n(C)n1. The van der Waals surface area contributed by atoms with Gasteiger partial charge in [0.1, 0.15) is 0 Å². The number of hydrogen-bond acceptors (Lipinski definition) is 4. The molecule has 3 aromatic rings. The van der Waals surface area contributed by atoms with E-state index in [4.69, 9.17) is 5.84 Å². The van der Waals surface area contributed by atoms with Gasteiger partial charge in [0, 0.05) is 30.7 Å².